The Balaban J connectivity index is 1.28. The van der Waals surface area contributed by atoms with Crippen LogP contribution in [0.1, 0.15) is 54.8 Å². The van der Waals surface area contributed by atoms with Crippen molar-refractivity contribution in [2.24, 2.45) is 0 Å². The van der Waals surface area contributed by atoms with Gasteiger partial charge in [-0.25, -0.2) is 4.98 Å². The van der Waals surface area contributed by atoms with Crippen molar-refractivity contribution in [3.8, 4) is 0 Å². The van der Waals surface area contributed by atoms with Gasteiger partial charge >= 0.3 is 0 Å². The molecule has 0 aliphatic carbocycles. The molecule has 5 rings (SSSR count). The molecule has 2 aromatic heterocycles. The van der Waals surface area contributed by atoms with E-state index in [-0.39, 0.29) is 11.5 Å². The lowest BCUT2D eigenvalue weighted by atomic mass is 9.84. The number of hydrogen-bond donors (Lipinski definition) is 0. The zero-order valence-electron chi connectivity index (χ0n) is 16.0. The number of carbonyl (C=O) groups is 1. The quantitative estimate of drug-likeness (QED) is 0.773. The molecule has 3 aliphatic heterocycles. The van der Waals surface area contributed by atoms with Gasteiger partial charge in [-0.1, -0.05) is 12.1 Å². The normalized spacial score (nSPS) is 30.2. The molecule has 28 heavy (non-hydrogen) atoms. The van der Waals surface area contributed by atoms with E-state index in [1.807, 2.05) is 17.2 Å². The summed E-state index contributed by atoms with van der Waals surface area (Å²) >= 11 is 1.46. The number of aromatic nitrogens is 3. The molecule has 3 atom stereocenters. The van der Waals surface area contributed by atoms with Crippen molar-refractivity contribution in [1.82, 2.24) is 24.9 Å². The molecule has 1 spiro atoms. The molecule has 1 amide bonds. The van der Waals surface area contributed by atoms with Gasteiger partial charge in [-0.3, -0.25) is 9.69 Å². The Morgan fingerprint density at radius 2 is 2.18 bits per heavy atom. The number of thiazole rings is 1. The van der Waals surface area contributed by atoms with Crippen molar-refractivity contribution in [2.45, 2.75) is 63.3 Å². The second-order valence-electron chi connectivity index (χ2n) is 8.06. The summed E-state index contributed by atoms with van der Waals surface area (Å²) < 4.78 is 11.7. The van der Waals surface area contributed by atoms with E-state index in [2.05, 4.69) is 20.0 Å². The molecular weight excluding hydrogens is 378 g/mol. The van der Waals surface area contributed by atoms with Crippen molar-refractivity contribution in [1.29, 1.82) is 0 Å². The van der Waals surface area contributed by atoms with Crippen LogP contribution < -0.4 is 0 Å². The van der Waals surface area contributed by atoms with Gasteiger partial charge in [0.2, 0.25) is 5.89 Å². The molecule has 150 valence electrons. The highest BCUT2D eigenvalue weighted by atomic mass is 32.1. The molecule has 3 saturated heterocycles. The highest BCUT2D eigenvalue weighted by molar-refractivity contribution is 7.07. The van der Waals surface area contributed by atoms with Crippen molar-refractivity contribution in [3.05, 3.63) is 28.3 Å². The van der Waals surface area contributed by atoms with Crippen LogP contribution in [0.15, 0.2) is 15.4 Å². The van der Waals surface area contributed by atoms with Crippen LogP contribution in [0.2, 0.25) is 0 Å². The highest BCUT2D eigenvalue weighted by Crippen LogP contribution is 2.44. The number of morpholine rings is 1. The van der Waals surface area contributed by atoms with Gasteiger partial charge in [0.1, 0.15) is 5.69 Å². The molecule has 3 fully saturated rings. The lowest BCUT2D eigenvalue weighted by Gasteiger charge is -2.50. The van der Waals surface area contributed by atoms with E-state index in [1.165, 1.54) is 11.3 Å². The van der Waals surface area contributed by atoms with Crippen molar-refractivity contribution in [2.75, 3.05) is 19.7 Å². The maximum absolute atomic E-state index is 12.8. The molecule has 2 bridgehead atoms. The summed E-state index contributed by atoms with van der Waals surface area (Å²) in [5.74, 6) is 1.49. The lowest BCUT2D eigenvalue weighted by molar-refractivity contribution is -0.143. The second-order valence-corrected chi connectivity index (χ2v) is 8.77. The number of hydrogen-bond acceptors (Lipinski definition) is 8. The summed E-state index contributed by atoms with van der Waals surface area (Å²) in [5, 5.41) is 5.85. The van der Waals surface area contributed by atoms with E-state index in [1.54, 1.807) is 5.51 Å². The van der Waals surface area contributed by atoms with Gasteiger partial charge in [0.05, 0.1) is 30.8 Å². The number of piperidine rings is 1. The summed E-state index contributed by atoms with van der Waals surface area (Å²) in [6.07, 6.45) is 4.99. The zero-order chi connectivity index (χ0) is 19.1. The Morgan fingerprint density at radius 1 is 1.36 bits per heavy atom. The minimum absolute atomic E-state index is 0.0247. The fraction of sp³-hybridized carbons (Fsp3) is 0.684. The Kier molecular flexibility index (Phi) is 4.68. The van der Waals surface area contributed by atoms with Gasteiger partial charge in [0, 0.05) is 30.4 Å². The van der Waals surface area contributed by atoms with E-state index in [9.17, 15) is 4.79 Å². The van der Waals surface area contributed by atoms with Crippen molar-refractivity contribution in [3.63, 3.8) is 0 Å². The molecule has 9 heteroatoms. The van der Waals surface area contributed by atoms with Crippen molar-refractivity contribution < 1.29 is 14.1 Å². The Bertz CT molecular complexity index is 825. The first kappa shape index (κ1) is 18.2. The summed E-state index contributed by atoms with van der Waals surface area (Å²) in [6, 6.07) is 0.870. The third-order valence-electron chi connectivity index (χ3n) is 6.32. The first-order valence-electron chi connectivity index (χ1n) is 10.0. The van der Waals surface area contributed by atoms with Crippen LogP contribution in [0, 0.1) is 0 Å². The van der Waals surface area contributed by atoms with Crippen molar-refractivity contribution >= 4 is 17.2 Å². The SMILES string of the molecule is CCc1noc(CN2[C@@H]3CC[C@H]2CC2(C3)CN(C(=O)c3cscn3)CCO2)n1. The van der Waals surface area contributed by atoms with Gasteiger partial charge in [0.25, 0.3) is 5.91 Å². The average molecular weight is 404 g/mol. The van der Waals surface area contributed by atoms with Gasteiger partial charge in [0.15, 0.2) is 5.82 Å². The second kappa shape index (κ2) is 7.20. The molecular formula is C19H25N5O3S. The molecule has 0 radical (unpaired) electrons. The van der Waals surface area contributed by atoms with Crippen LogP contribution >= 0.6 is 11.3 Å². The molecule has 1 unspecified atom stereocenters. The van der Waals surface area contributed by atoms with Crippen LogP contribution in [-0.2, 0) is 17.7 Å². The molecule has 0 aromatic carbocycles. The third-order valence-corrected chi connectivity index (χ3v) is 6.90. The minimum atomic E-state index is -0.240. The molecule has 0 N–H and O–H groups in total. The monoisotopic (exact) mass is 403 g/mol. The average Bonchev–Trinajstić information content (AvgIpc) is 3.44. The molecule has 3 aliphatic rings. The number of nitrogens with zero attached hydrogens (tertiary/aromatic N) is 5. The highest BCUT2D eigenvalue weighted by Gasteiger charge is 2.51. The van der Waals surface area contributed by atoms with Gasteiger partial charge in [-0.15, -0.1) is 11.3 Å². The largest absolute Gasteiger partial charge is 0.371 e. The molecule has 8 nitrogen and oxygen atoms in total. The van der Waals surface area contributed by atoms with E-state index < -0.39 is 0 Å². The maximum Gasteiger partial charge on any atom is 0.273 e. The Morgan fingerprint density at radius 3 is 2.86 bits per heavy atom. The van der Waals surface area contributed by atoms with E-state index in [0.29, 0.717) is 49.9 Å². The summed E-state index contributed by atoms with van der Waals surface area (Å²) in [7, 11) is 0. The predicted octanol–water partition coefficient (Wildman–Crippen LogP) is 2.13. The number of ether oxygens (including phenoxy) is 1. The maximum atomic E-state index is 12.8. The number of amides is 1. The fourth-order valence-electron chi connectivity index (χ4n) is 5.05. The van der Waals surface area contributed by atoms with E-state index >= 15 is 0 Å². The number of aryl methyl sites for hydroxylation is 1. The minimum Gasteiger partial charge on any atom is -0.371 e. The van der Waals surface area contributed by atoms with E-state index in [4.69, 9.17) is 9.26 Å². The van der Waals surface area contributed by atoms with Crippen LogP contribution in [0.5, 0.6) is 0 Å². The molecule has 2 aromatic rings. The van der Waals surface area contributed by atoms with Crippen LogP contribution in [0.25, 0.3) is 0 Å². The number of rotatable bonds is 4. The van der Waals surface area contributed by atoms with Crippen LogP contribution in [-0.4, -0.2) is 68.2 Å². The van der Waals surface area contributed by atoms with Crippen LogP contribution in [0.3, 0.4) is 0 Å². The Hall–Kier alpha value is -1.84. The molecule has 5 heterocycles. The summed E-state index contributed by atoms with van der Waals surface area (Å²) in [5.41, 5.74) is 2.02. The standard InChI is InChI=1S/C19H25N5O3S/c1-2-16-21-17(27-22-16)9-24-13-3-4-14(24)8-19(7-13)11-23(5-6-26-19)18(25)15-10-28-12-20-15/h10,12-14H,2-9,11H2,1H3/t13-,14+,19?. The molecule has 0 saturated carbocycles. The first-order chi connectivity index (χ1) is 13.7. The number of fused-ring (bicyclic) bond motifs is 2. The third kappa shape index (κ3) is 3.25. The zero-order valence-corrected chi connectivity index (χ0v) is 16.9. The predicted molar refractivity (Wildman–Crippen MR) is 102 cm³/mol. The van der Waals surface area contributed by atoms with Crippen LogP contribution in [0.4, 0.5) is 0 Å². The summed E-state index contributed by atoms with van der Waals surface area (Å²) in [4.78, 5) is 25.9. The van der Waals surface area contributed by atoms with Gasteiger partial charge in [-0.05, 0) is 25.7 Å². The first-order valence-corrected chi connectivity index (χ1v) is 11.0. The van der Waals surface area contributed by atoms with E-state index in [0.717, 1.165) is 37.9 Å². The Labute approximate surface area is 167 Å². The lowest BCUT2D eigenvalue weighted by Crippen LogP contribution is -2.60. The topological polar surface area (TPSA) is 84.6 Å². The fourth-order valence-corrected chi connectivity index (χ4v) is 5.58. The smallest absolute Gasteiger partial charge is 0.273 e. The number of carbonyl (C=O) groups excluding carboxylic acids is 1. The summed E-state index contributed by atoms with van der Waals surface area (Å²) in [6.45, 7) is 4.63. The van der Waals surface area contributed by atoms with Gasteiger partial charge < -0.3 is 14.2 Å². The van der Waals surface area contributed by atoms with Gasteiger partial charge in [-0.2, -0.15) is 4.98 Å².